The first-order chi connectivity index (χ1) is 13.6. The number of likely N-dealkylation sites (tertiary alicyclic amines) is 1. The van der Waals surface area contributed by atoms with Gasteiger partial charge in [0.1, 0.15) is 13.2 Å². The van der Waals surface area contributed by atoms with Gasteiger partial charge in [-0.1, -0.05) is 18.2 Å². The number of carbonyl (C=O) groups excluding carboxylic acids is 2. The topological polar surface area (TPSA) is 93.9 Å². The number of nitrogens with one attached hydrogen (secondary N) is 1. The van der Waals surface area contributed by atoms with Crippen molar-refractivity contribution in [2.45, 2.75) is 25.4 Å². The smallest absolute Gasteiger partial charge is 0.312 e. The van der Waals surface area contributed by atoms with Crippen LogP contribution < -0.4 is 20.5 Å². The van der Waals surface area contributed by atoms with E-state index in [9.17, 15) is 9.59 Å². The average Bonchev–Trinajstić information content (AvgIpc) is 3.21. The molecular formula is C21H23N3O4. The Morgan fingerprint density at radius 2 is 1.82 bits per heavy atom. The van der Waals surface area contributed by atoms with Gasteiger partial charge in [-0.05, 0) is 48.2 Å². The SMILES string of the molecule is NC(=O)NCc1ccc(C(=O)N2CCC[C@@H]2c2ccc3c(c2)OCCO3)cc1. The van der Waals surface area contributed by atoms with Crippen LogP contribution >= 0.6 is 0 Å². The molecule has 1 atom stereocenters. The van der Waals surface area contributed by atoms with E-state index < -0.39 is 6.03 Å². The molecule has 7 heteroatoms. The zero-order valence-electron chi connectivity index (χ0n) is 15.5. The summed E-state index contributed by atoms with van der Waals surface area (Å²) in [5.41, 5.74) is 7.67. The Balaban J connectivity index is 1.50. The van der Waals surface area contributed by atoms with Gasteiger partial charge in [0.25, 0.3) is 5.91 Å². The van der Waals surface area contributed by atoms with E-state index in [1.165, 1.54) is 0 Å². The van der Waals surface area contributed by atoms with Crippen LogP contribution in [-0.4, -0.2) is 36.6 Å². The third-order valence-corrected chi connectivity index (χ3v) is 5.13. The summed E-state index contributed by atoms with van der Waals surface area (Å²) in [4.78, 5) is 25.8. The number of carbonyl (C=O) groups is 2. The van der Waals surface area contributed by atoms with E-state index in [1.54, 1.807) is 12.1 Å². The lowest BCUT2D eigenvalue weighted by molar-refractivity contribution is 0.0735. The number of hydrogen-bond donors (Lipinski definition) is 2. The minimum Gasteiger partial charge on any atom is -0.486 e. The minimum atomic E-state index is -0.570. The van der Waals surface area contributed by atoms with Gasteiger partial charge in [-0.3, -0.25) is 4.79 Å². The van der Waals surface area contributed by atoms with Gasteiger partial charge in [-0.15, -0.1) is 0 Å². The van der Waals surface area contributed by atoms with E-state index in [0.717, 1.165) is 42.0 Å². The fourth-order valence-corrected chi connectivity index (χ4v) is 3.74. The second-order valence-electron chi connectivity index (χ2n) is 6.97. The van der Waals surface area contributed by atoms with Gasteiger partial charge in [0.05, 0.1) is 6.04 Å². The van der Waals surface area contributed by atoms with Crippen molar-refractivity contribution in [1.29, 1.82) is 0 Å². The molecule has 2 aliphatic heterocycles. The Morgan fingerprint density at radius 1 is 1.07 bits per heavy atom. The maximum Gasteiger partial charge on any atom is 0.312 e. The van der Waals surface area contributed by atoms with Gasteiger partial charge >= 0.3 is 6.03 Å². The summed E-state index contributed by atoms with van der Waals surface area (Å²) in [6.07, 6.45) is 1.89. The summed E-state index contributed by atoms with van der Waals surface area (Å²) in [5.74, 6) is 1.51. The van der Waals surface area contributed by atoms with Crippen LogP contribution in [0.3, 0.4) is 0 Å². The third kappa shape index (κ3) is 3.74. The van der Waals surface area contributed by atoms with Gasteiger partial charge < -0.3 is 25.4 Å². The molecule has 0 bridgehead atoms. The highest BCUT2D eigenvalue weighted by molar-refractivity contribution is 5.94. The van der Waals surface area contributed by atoms with Crippen LogP contribution in [0.15, 0.2) is 42.5 Å². The Kier molecular flexibility index (Phi) is 5.06. The molecule has 0 spiro atoms. The third-order valence-electron chi connectivity index (χ3n) is 5.13. The maximum absolute atomic E-state index is 13.1. The van der Waals surface area contributed by atoms with Gasteiger partial charge in [0, 0.05) is 18.7 Å². The number of benzene rings is 2. The molecular weight excluding hydrogens is 358 g/mol. The highest BCUT2D eigenvalue weighted by Gasteiger charge is 2.31. The monoisotopic (exact) mass is 381 g/mol. The minimum absolute atomic E-state index is 0.00630. The summed E-state index contributed by atoms with van der Waals surface area (Å²) in [5, 5.41) is 2.54. The summed E-state index contributed by atoms with van der Waals surface area (Å²) >= 11 is 0. The molecule has 4 rings (SSSR count). The number of amides is 3. The fourth-order valence-electron chi connectivity index (χ4n) is 3.74. The number of urea groups is 1. The van der Waals surface area contributed by atoms with Gasteiger partial charge in [0.15, 0.2) is 11.5 Å². The van der Waals surface area contributed by atoms with Crippen molar-refractivity contribution in [2.24, 2.45) is 5.73 Å². The molecule has 1 fully saturated rings. The van der Waals surface area contributed by atoms with E-state index in [4.69, 9.17) is 15.2 Å². The van der Waals surface area contributed by atoms with Crippen molar-refractivity contribution in [3.8, 4) is 11.5 Å². The van der Waals surface area contributed by atoms with Crippen molar-refractivity contribution in [3.05, 3.63) is 59.2 Å². The maximum atomic E-state index is 13.1. The zero-order valence-corrected chi connectivity index (χ0v) is 15.5. The van der Waals surface area contributed by atoms with Crippen LogP contribution in [0.25, 0.3) is 0 Å². The first kappa shape index (κ1) is 18.2. The summed E-state index contributed by atoms with van der Waals surface area (Å²) < 4.78 is 11.3. The summed E-state index contributed by atoms with van der Waals surface area (Å²) in [6, 6.07) is 12.6. The molecule has 7 nitrogen and oxygen atoms in total. The number of hydrogen-bond acceptors (Lipinski definition) is 4. The number of fused-ring (bicyclic) bond motifs is 1. The van der Waals surface area contributed by atoms with Crippen molar-refractivity contribution >= 4 is 11.9 Å². The summed E-state index contributed by atoms with van der Waals surface area (Å²) in [7, 11) is 0. The van der Waals surface area contributed by atoms with Crippen LogP contribution in [-0.2, 0) is 6.54 Å². The lowest BCUT2D eigenvalue weighted by Crippen LogP contribution is -2.31. The average molecular weight is 381 g/mol. The van der Waals surface area contributed by atoms with E-state index in [1.807, 2.05) is 35.2 Å². The van der Waals surface area contributed by atoms with Crippen molar-refractivity contribution < 1.29 is 19.1 Å². The fraction of sp³-hybridized carbons (Fsp3) is 0.333. The second-order valence-corrected chi connectivity index (χ2v) is 6.97. The van der Waals surface area contributed by atoms with Gasteiger partial charge in [-0.2, -0.15) is 0 Å². The number of ether oxygens (including phenoxy) is 2. The lowest BCUT2D eigenvalue weighted by Gasteiger charge is -2.27. The molecule has 0 aromatic heterocycles. The van der Waals surface area contributed by atoms with Crippen molar-refractivity contribution in [1.82, 2.24) is 10.2 Å². The standard InChI is InChI=1S/C21H23N3O4/c22-21(26)23-13-14-3-5-15(6-4-14)20(25)24-9-1-2-17(24)16-7-8-18-19(12-16)28-11-10-27-18/h3-8,12,17H,1-2,9-11,13H2,(H3,22,23,26)/t17-/m1/s1. The first-order valence-corrected chi connectivity index (χ1v) is 9.44. The molecule has 0 aliphatic carbocycles. The molecule has 28 heavy (non-hydrogen) atoms. The number of nitrogens with two attached hydrogens (primary N) is 1. The molecule has 2 aliphatic rings. The quantitative estimate of drug-likeness (QED) is 0.851. The van der Waals surface area contributed by atoms with Crippen LogP contribution in [0.4, 0.5) is 4.79 Å². The van der Waals surface area contributed by atoms with Gasteiger partial charge in [-0.25, -0.2) is 4.79 Å². The molecule has 2 aromatic carbocycles. The highest BCUT2D eigenvalue weighted by atomic mass is 16.6. The molecule has 0 radical (unpaired) electrons. The predicted octanol–water partition coefficient (Wildman–Crippen LogP) is 2.60. The highest BCUT2D eigenvalue weighted by Crippen LogP contribution is 2.38. The molecule has 0 unspecified atom stereocenters. The predicted molar refractivity (Wildman–Crippen MR) is 103 cm³/mol. The lowest BCUT2D eigenvalue weighted by atomic mass is 10.0. The van der Waals surface area contributed by atoms with Crippen LogP contribution in [0.5, 0.6) is 11.5 Å². The molecule has 3 amide bonds. The van der Waals surface area contributed by atoms with Crippen molar-refractivity contribution in [3.63, 3.8) is 0 Å². The molecule has 2 heterocycles. The Hall–Kier alpha value is -3.22. The van der Waals surface area contributed by atoms with Gasteiger partial charge in [0.2, 0.25) is 0 Å². The largest absolute Gasteiger partial charge is 0.486 e. The van der Waals surface area contributed by atoms with Crippen molar-refractivity contribution in [2.75, 3.05) is 19.8 Å². The van der Waals surface area contributed by atoms with E-state index >= 15 is 0 Å². The van der Waals surface area contributed by atoms with Crippen LogP contribution in [0.1, 0.15) is 40.4 Å². The Morgan fingerprint density at radius 3 is 2.57 bits per heavy atom. The molecule has 146 valence electrons. The van der Waals surface area contributed by atoms with Crippen LogP contribution in [0.2, 0.25) is 0 Å². The zero-order chi connectivity index (χ0) is 19.5. The number of nitrogens with zero attached hydrogens (tertiary/aromatic N) is 1. The second kappa shape index (κ2) is 7.80. The first-order valence-electron chi connectivity index (χ1n) is 9.44. The molecule has 2 aromatic rings. The molecule has 1 saturated heterocycles. The molecule has 0 saturated carbocycles. The van der Waals surface area contributed by atoms with Crippen LogP contribution in [0, 0.1) is 0 Å². The normalized spacial score (nSPS) is 18.0. The number of rotatable bonds is 4. The van der Waals surface area contributed by atoms with E-state index in [0.29, 0.717) is 25.3 Å². The Labute approximate surface area is 163 Å². The molecule has 3 N–H and O–H groups in total. The Bertz CT molecular complexity index is 882. The van der Waals surface area contributed by atoms with E-state index in [-0.39, 0.29) is 11.9 Å². The summed E-state index contributed by atoms with van der Waals surface area (Å²) in [6.45, 7) is 2.17. The van der Waals surface area contributed by atoms with E-state index in [2.05, 4.69) is 5.32 Å². The number of primary amides is 1.